The van der Waals surface area contributed by atoms with Crippen molar-refractivity contribution in [3.8, 4) is 5.75 Å². The second-order valence-corrected chi connectivity index (χ2v) is 7.71. The molecule has 1 saturated heterocycles. The standard InChI is InChI=1S/C24H32N2O2/c1-4-6-24(27)26(21-11-9-19(2)10-12-21)22-13-15-25(16-14-22)18-20-7-5-8-23(17-20)28-3/h5,7-12,17,22H,4,6,13-16,18H2,1-3H3. The Morgan fingerprint density at radius 3 is 2.50 bits per heavy atom. The molecule has 1 aliphatic rings. The van der Waals surface area contributed by atoms with Crippen molar-refractivity contribution in [3.05, 3.63) is 59.7 Å². The van der Waals surface area contributed by atoms with Crippen LogP contribution in [0.4, 0.5) is 5.69 Å². The lowest BCUT2D eigenvalue weighted by Crippen LogP contribution is -2.47. The van der Waals surface area contributed by atoms with Crippen LogP contribution in [0.5, 0.6) is 5.75 Å². The van der Waals surface area contributed by atoms with Gasteiger partial charge in [-0.05, 0) is 56.0 Å². The van der Waals surface area contributed by atoms with Crippen LogP contribution < -0.4 is 9.64 Å². The minimum atomic E-state index is 0.248. The van der Waals surface area contributed by atoms with E-state index in [4.69, 9.17) is 4.74 Å². The number of aryl methyl sites for hydroxylation is 1. The number of ether oxygens (including phenoxy) is 1. The van der Waals surface area contributed by atoms with Crippen molar-refractivity contribution in [2.24, 2.45) is 0 Å². The van der Waals surface area contributed by atoms with E-state index in [-0.39, 0.29) is 11.9 Å². The normalized spacial score (nSPS) is 15.4. The highest BCUT2D eigenvalue weighted by molar-refractivity contribution is 5.94. The first-order valence-corrected chi connectivity index (χ1v) is 10.3. The van der Waals surface area contributed by atoms with Crippen LogP contribution in [0.1, 0.15) is 43.7 Å². The number of likely N-dealkylation sites (tertiary alicyclic amines) is 1. The first kappa shape index (κ1) is 20.4. The lowest BCUT2D eigenvalue weighted by atomic mass is 10.0. The van der Waals surface area contributed by atoms with Gasteiger partial charge < -0.3 is 9.64 Å². The average Bonchev–Trinajstić information content (AvgIpc) is 2.71. The lowest BCUT2D eigenvalue weighted by Gasteiger charge is -2.38. The van der Waals surface area contributed by atoms with E-state index in [2.05, 4.69) is 60.0 Å². The Labute approximate surface area is 169 Å². The maximum absolute atomic E-state index is 12.9. The molecule has 2 aromatic rings. The number of anilines is 1. The molecule has 28 heavy (non-hydrogen) atoms. The molecule has 0 aromatic heterocycles. The first-order chi connectivity index (χ1) is 13.6. The van der Waals surface area contributed by atoms with Gasteiger partial charge >= 0.3 is 0 Å². The Morgan fingerprint density at radius 1 is 1.14 bits per heavy atom. The van der Waals surface area contributed by atoms with Crippen molar-refractivity contribution in [2.75, 3.05) is 25.1 Å². The molecule has 4 heteroatoms. The van der Waals surface area contributed by atoms with Crippen molar-refractivity contribution < 1.29 is 9.53 Å². The Kier molecular flexibility index (Phi) is 7.10. The number of carbonyl (C=O) groups is 1. The van der Waals surface area contributed by atoms with Gasteiger partial charge in [0.2, 0.25) is 5.91 Å². The van der Waals surface area contributed by atoms with Gasteiger partial charge in [-0.15, -0.1) is 0 Å². The molecule has 1 fully saturated rings. The van der Waals surface area contributed by atoms with E-state index in [9.17, 15) is 4.79 Å². The molecule has 4 nitrogen and oxygen atoms in total. The number of hydrogen-bond acceptors (Lipinski definition) is 3. The van der Waals surface area contributed by atoms with Crippen LogP contribution in [-0.2, 0) is 11.3 Å². The minimum absolute atomic E-state index is 0.248. The van der Waals surface area contributed by atoms with E-state index < -0.39 is 0 Å². The summed E-state index contributed by atoms with van der Waals surface area (Å²) in [4.78, 5) is 17.4. The van der Waals surface area contributed by atoms with E-state index in [0.717, 1.165) is 50.3 Å². The molecule has 150 valence electrons. The van der Waals surface area contributed by atoms with Gasteiger partial charge in [-0.25, -0.2) is 0 Å². The van der Waals surface area contributed by atoms with Gasteiger partial charge in [0, 0.05) is 37.8 Å². The molecule has 2 aromatic carbocycles. The molecule has 0 unspecified atom stereocenters. The van der Waals surface area contributed by atoms with Crippen molar-refractivity contribution in [1.82, 2.24) is 4.90 Å². The number of amides is 1. The summed E-state index contributed by atoms with van der Waals surface area (Å²) >= 11 is 0. The molecule has 0 bridgehead atoms. The maximum atomic E-state index is 12.9. The Bertz CT molecular complexity index is 764. The van der Waals surface area contributed by atoms with Gasteiger partial charge in [-0.3, -0.25) is 9.69 Å². The fourth-order valence-corrected chi connectivity index (χ4v) is 3.96. The van der Waals surface area contributed by atoms with Crippen LogP contribution in [0.3, 0.4) is 0 Å². The number of carbonyl (C=O) groups excluding carboxylic acids is 1. The lowest BCUT2D eigenvalue weighted by molar-refractivity contribution is -0.119. The van der Waals surface area contributed by atoms with E-state index in [1.54, 1.807) is 7.11 Å². The molecule has 0 atom stereocenters. The third kappa shape index (κ3) is 5.14. The molecular formula is C24H32N2O2. The molecule has 1 amide bonds. The fraction of sp³-hybridized carbons (Fsp3) is 0.458. The largest absolute Gasteiger partial charge is 0.497 e. The number of piperidine rings is 1. The summed E-state index contributed by atoms with van der Waals surface area (Å²) in [6.07, 6.45) is 3.51. The predicted octanol–water partition coefficient (Wildman–Crippen LogP) is 4.80. The van der Waals surface area contributed by atoms with Gasteiger partial charge in [-0.1, -0.05) is 36.8 Å². The summed E-state index contributed by atoms with van der Waals surface area (Å²) in [7, 11) is 1.71. The zero-order chi connectivity index (χ0) is 19.9. The molecule has 0 radical (unpaired) electrons. The quantitative estimate of drug-likeness (QED) is 0.692. The van der Waals surface area contributed by atoms with Crippen molar-refractivity contribution in [2.45, 2.75) is 52.1 Å². The number of benzene rings is 2. The second kappa shape index (κ2) is 9.74. The molecule has 1 heterocycles. The SMILES string of the molecule is CCCC(=O)N(c1ccc(C)cc1)C1CCN(Cc2cccc(OC)c2)CC1. The van der Waals surface area contributed by atoms with Crippen molar-refractivity contribution in [1.29, 1.82) is 0 Å². The van der Waals surface area contributed by atoms with Gasteiger partial charge in [-0.2, -0.15) is 0 Å². The van der Waals surface area contributed by atoms with Gasteiger partial charge in [0.25, 0.3) is 0 Å². The summed E-state index contributed by atoms with van der Waals surface area (Å²) < 4.78 is 5.34. The smallest absolute Gasteiger partial charge is 0.227 e. The number of methoxy groups -OCH3 is 1. The fourth-order valence-electron chi connectivity index (χ4n) is 3.96. The molecular weight excluding hydrogens is 348 g/mol. The monoisotopic (exact) mass is 380 g/mol. The summed E-state index contributed by atoms with van der Waals surface area (Å²) in [6, 6.07) is 16.9. The molecule has 0 N–H and O–H groups in total. The zero-order valence-corrected chi connectivity index (χ0v) is 17.4. The minimum Gasteiger partial charge on any atom is -0.497 e. The number of nitrogens with zero attached hydrogens (tertiary/aromatic N) is 2. The highest BCUT2D eigenvalue weighted by Gasteiger charge is 2.28. The maximum Gasteiger partial charge on any atom is 0.227 e. The van der Waals surface area contributed by atoms with Crippen molar-refractivity contribution in [3.63, 3.8) is 0 Å². The molecule has 0 saturated carbocycles. The molecule has 0 spiro atoms. The number of rotatable bonds is 7. The summed E-state index contributed by atoms with van der Waals surface area (Å²) in [6.45, 7) is 7.09. The van der Waals surface area contributed by atoms with E-state index in [1.807, 2.05) is 12.1 Å². The Morgan fingerprint density at radius 2 is 1.86 bits per heavy atom. The summed E-state index contributed by atoms with van der Waals surface area (Å²) in [5.74, 6) is 1.15. The van der Waals surface area contributed by atoms with Crippen LogP contribution in [0.2, 0.25) is 0 Å². The topological polar surface area (TPSA) is 32.8 Å². The van der Waals surface area contributed by atoms with Gasteiger partial charge in [0.1, 0.15) is 5.75 Å². The van der Waals surface area contributed by atoms with Crippen LogP contribution in [-0.4, -0.2) is 37.0 Å². The Hall–Kier alpha value is -2.33. The first-order valence-electron chi connectivity index (χ1n) is 10.3. The van der Waals surface area contributed by atoms with Crippen LogP contribution in [0.15, 0.2) is 48.5 Å². The van der Waals surface area contributed by atoms with Gasteiger partial charge in [0.15, 0.2) is 0 Å². The van der Waals surface area contributed by atoms with E-state index >= 15 is 0 Å². The molecule has 3 rings (SSSR count). The average molecular weight is 381 g/mol. The van der Waals surface area contributed by atoms with Crippen LogP contribution in [0, 0.1) is 6.92 Å². The molecule has 0 aliphatic carbocycles. The second-order valence-electron chi connectivity index (χ2n) is 7.71. The van der Waals surface area contributed by atoms with E-state index in [0.29, 0.717) is 6.42 Å². The van der Waals surface area contributed by atoms with Crippen molar-refractivity contribution >= 4 is 11.6 Å². The highest BCUT2D eigenvalue weighted by Crippen LogP contribution is 2.26. The van der Waals surface area contributed by atoms with Gasteiger partial charge in [0.05, 0.1) is 7.11 Å². The third-order valence-electron chi connectivity index (χ3n) is 5.51. The van der Waals surface area contributed by atoms with E-state index in [1.165, 1.54) is 11.1 Å². The zero-order valence-electron chi connectivity index (χ0n) is 17.4. The summed E-state index contributed by atoms with van der Waals surface area (Å²) in [5.41, 5.74) is 3.53. The predicted molar refractivity (Wildman–Crippen MR) is 115 cm³/mol. The highest BCUT2D eigenvalue weighted by atomic mass is 16.5. The van der Waals surface area contributed by atoms with Crippen LogP contribution >= 0.6 is 0 Å². The summed E-state index contributed by atoms with van der Waals surface area (Å²) in [5, 5.41) is 0. The Balaban J connectivity index is 1.65. The van der Waals surface area contributed by atoms with Crippen LogP contribution in [0.25, 0.3) is 0 Å². The third-order valence-corrected chi connectivity index (χ3v) is 5.51. The number of hydrogen-bond donors (Lipinski definition) is 0. The molecule has 1 aliphatic heterocycles.